The Labute approximate surface area is 197 Å². The molecule has 0 heterocycles. The van der Waals surface area contributed by atoms with Crippen LogP contribution in [-0.2, 0) is 19.3 Å². The van der Waals surface area contributed by atoms with Crippen LogP contribution in [0.5, 0.6) is 5.75 Å². The van der Waals surface area contributed by atoms with Crippen LogP contribution >= 0.6 is 8.25 Å². The third-order valence-electron chi connectivity index (χ3n) is 4.86. The van der Waals surface area contributed by atoms with Crippen LogP contribution in [0.1, 0.15) is 43.9 Å². The van der Waals surface area contributed by atoms with Gasteiger partial charge in [0.15, 0.2) is 0 Å². The average Bonchev–Trinajstić information content (AvgIpc) is 2.76. The third kappa shape index (κ3) is 8.97. The van der Waals surface area contributed by atoms with E-state index in [0.717, 1.165) is 16.7 Å². The molecule has 3 rings (SSSR count). The maximum absolute atomic E-state index is 11.8. The van der Waals surface area contributed by atoms with E-state index >= 15 is 0 Å². The second-order valence-electron chi connectivity index (χ2n) is 8.78. The Morgan fingerprint density at radius 3 is 1.88 bits per heavy atom. The van der Waals surface area contributed by atoms with Crippen molar-refractivity contribution in [2.75, 3.05) is 6.61 Å². The van der Waals surface area contributed by atoms with Crippen LogP contribution in [-0.4, -0.2) is 17.5 Å². The first-order valence-electron chi connectivity index (χ1n) is 10.9. The van der Waals surface area contributed by atoms with Gasteiger partial charge in [0, 0.05) is 5.56 Å². The van der Waals surface area contributed by atoms with Crippen LogP contribution in [0, 0.1) is 13.8 Å². The second-order valence-corrected chi connectivity index (χ2v) is 9.60. The number of esters is 1. The molecule has 33 heavy (non-hydrogen) atoms. The molecule has 0 spiro atoms. The fourth-order valence-electron chi connectivity index (χ4n) is 3.29. The number of ether oxygens (including phenoxy) is 1. The monoisotopic (exact) mass is 468 g/mol. The first-order valence-corrected chi connectivity index (χ1v) is 12.1. The molecule has 1 unspecified atom stereocenters. The van der Waals surface area contributed by atoms with Crippen LogP contribution < -0.4 is 4.74 Å². The van der Waals surface area contributed by atoms with E-state index < -0.39 is 14.2 Å². The normalized spacial score (nSPS) is 11.8. The van der Waals surface area contributed by atoms with Crippen LogP contribution in [0.2, 0.25) is 0 Å². The molecule has 0 bridgehead atoms. The van der Waals surface area contributed by atoms with Crippen LogP contribution in [0.4, 0.5) is 0 Å². The minimum Gasteiger partial charge on any atom is -0.426 e. The number of benzene rings is 3. The van der Waals surface area contributed by atoms with Crippen LogP contribution in [0.3, 0.4) is 0 Å². The molecule has 176 valence electrons. The van der Waals surface area contributed by atoms with Crippen molar-refractivity contribution in [1.82, 2.24) is 0 Å². The largest absolute Gasteiger partial charge is 0.426 e. The molecule has 0 saturated heterocycles. The highest BCUT2D eigenvalue weighted by Gasteiger charge is 2.22. The van der Waals surface area contributed by atoms with E-state index in [1.807, 2.05) is 38.1 Å². The molecule has 0 saturated carbocycles. The Kier molecular flexibility index (Phi) is 10.1. The van der Waals surface area contributed by atoms with Gasteiger partial charge in [0.05, 0.1) is 13.0 Å². The van der Waals surface area contributed by atoms with E-state index in [0.29, 0.717) is 5.75 Å². The maximum atomic E-state index is 11.8. The molecular formula is C27H33O5P. The standard InChI is InChI=1S/C15H23O5P.C12H10/c1-10-8-11(2)14(12(9-10)15(3,4)5)20-13(16)6-7-19-21(17)18;1-3-7-11(8-4-1)12-9-5-2-6-10-12/h8-9,21H,6-7H2,1-5H3,(H,17,18);1-10H. The van der Waals surface area contributed by atoms with Crippen molar-refractivity contribution in [3.8, 4) is 16.9 Å². The predicted octanol–water partition coefficient (Wildman–Crippen LogP) is 6.65. The van der Waals surface area contributed by atoms with Gasteiger partial charge in [0.25, 0.3) is 0 Å². The highest BCUT2D eigenvalue weighted by molar-refractivity contribution is 7.32. The summed E-state index contributed by atoms with van der Waals surface area (Å²) in [6, 6.07) is 24.8. The topological polar surface area (TPSA) is 72.8 Å². The maximum Gasteiger partial charge on any atom is 0.316 e. The summed E-state index contributed by atoms with van der Waals surface area (Å²) in [5, 5.41) is 0. The summed E-state index contributed by atoms with van der Waals surface area (Å²) >= 11 is 0. The van der Waals surface area contributed by atoms with E-state index in [1.165, 1.54) is 11.1 Å². The number of hydrogen-bond donors (Lipinski definition) is 1. The molecule has 3 aromatic rings. The smallest absolute Gasteiger partial charge is 0.316 e. The van der Waals surface area contributed by atoms with E-state index in [1.54, 1.807) is 0 Å². The predicted molar refractivity (Wildman–Crippen MR) is 134 cm³/mol. The van der Waals surface area contributed by atoms with Gasteiger partial charge in [-0.1, -0.05) is 99.1 Å². The number of aryl methyl sites for hydroxylation is 2. The molecule has 0 aliphatic rings. The molecule has 5 nitrogen and oxygen atoms in total. The Morgan fingerprint density at radius 1 is 0.909 bits per heavy atom. The van der Waals surface area contributed by atoms with E-state index in [-0.39, 0.29) is 18.4 Å². The molecule has 0 aliphatic carbocycles. The van der Waals surface area contributed by atoms with Crippen molar-refractivity contribution in [3.63, 3.8) is 0 Å². The minimum absolute atomic E-state index is 0.0616. The summed E-state index contributed by atoms with van der Waals surface area (Å²) in [7, 11) is -3.00. The van der Waals surface area contributed by atoms with Crippen molar-refractivity contribution in [3.05, 3.63) is 89.5 Å². The van der Waals surface area contributed by atoms with Crippen molar-refractivity contribution in [2.24, 2.45) is 0 Å². The Balaban J connectivity index is 0.000000268. The fraction of sp³-hybridized carbons (Fsp3) is 0.296. The van der Waals surface area contributed by atoms with Crippen LogP contribution in [0.25, 0.3) is 11.1 Å². The summed E-state index contributed by atoms with van der Waals surface area (Å²) in [6.45, 7) is 9.94. The summed E-state index contributed by atoms with van der Waals surface area (Å²) in [5.41, 5.74) is 5.37. The zero-order valence-electron chi connectivity index (χ0n) is 19.9. The first kappa shape index (κ1) is 26.5. The lowest BCUT2D eigenvalue weighted by Gasteiger charge is -2.24. The number of hydrogen-bond acceptors (Lipinski definition) is 4. The van der Waals surface area contributed by atoms with Gasteiger partial charge in [-0.3, -0.25) is 9.36 Å². The quantitative estimate of drug-likeness (QED) is 0.249. The lowest BCUT2D eigenvalue weighted by Crippen LogP contribution is -2.18. The molecule has 0 aliphatic heterocycles. The van der Waals surface area contributed by atoms with Gasteiger partial charge in [-0.05, 0) is 36.0 Å². The number of carbonyl (C=O) groups excluding carboxylic acids is 1. The fourth-order valence-corrected chi connectivity index (χ4v) is 3.57. The molecule has 0 amide bonds. The van der Waals surface area contributed by atoms with Gasteiger partial charge in [0.1, 0.15) is 5.75 Å². The van der Waals surface area contributed by atoms with Gasteiger partial charge < -0.3 is 14.2 Å². The lowest BCUT2D eigenvalue weighted by atomic mass is 9.84. The van der Waals surface area contributed by atoms with Crippen LogP contribution in [0.15, 0.2) is 72.8 Å². The van der Waals surface area contributed by atoms with Gasteiger partial charge in [-0.25, -0.2) is 0 Å². The highest BCUT2D eigenvalue weighted by Crippen LogP contribution is 2.35. The Bertz CT molecular complexity index is 1020. The van der Waals surface area contributed by atoms with Gasteiger partial charge in [0.2, 0.25) is 0 Å². The Hall–Kier alpha value is -2.72. The van der Waals surface area contributed by atoms with Crippen molar-refractivity contribution in [2.45, 2.75) is 46.5 Å². The van der Waals surface area contributed by atoms with Crippen molar-refractivity contribution < 1.29 is 23.5 Å². The van der Waals surface area contributed by atoms with Crippen molar-refractivity contribution >= 4 is 14.2 Å². The zero-order valence-corrected chi connectivity index (χ0v) is 20.9. The third-order valence-corrected chi connectivity index (χ3v) is 5.31. The van der Waals surface area contributed by atoms with Gasteiger partial charge in [-0.2, -0.15) is 0 Å². The van der Waals surface area contributed by atoms with Crippen molar-refractivity contribution in [1.29, 1.82) is 0 Å². The Morgan fingerprint density at radius 2 is 1.42 bits per heavy atom. The number of carbonyl (C=O) groups is 1. The summed E-state index contributed by atoms with van der Waals surface area (Å²) in [5.74, 6) is 0.0884. The molecular weight excluding hydrogens is 435 g/mol. The molecule has 1 N–H and O–H groups in total. The molecule has 6 heteroatoms. The van der Waals surface area contributed by atoms with E-state index in [4.69, 9.17) is 9.63 Å². The molecule has 0 aromatic heterocycles. The summed E-state index contributed by atoms with van der Waals surface area (Å²) < 4.78 is 20.4. The number of rotatable bonds is 6. The second kappa shape index (κ2) is 12.5. The van der Waals surface area contributed by atoms with E-state index in [9.17, 15) is 9.36 Å². The highest BCUT2D eigenvalue weighted by atomic mass is 31.1. The average molecular weight is 469 g/mol. The molecule has 3 aromatic carbocycles. The molecule has 0 radical (unpaired) electrons. The molecule has 0 fully saturated rings. The van der Waals surface area contributed by atoms with E-state index in [2.05, 4.69) is 73.8 Å². The summed E-state index contributed by atoms with van der Waals surface area (Å²) in [6.07, 6.45) is -0.0616. The summed E-state index contributed by atoms with van der Waals surface area (Å²) in [4.78, 5) is 20.4. The first-order chi connectivity index (χ1) is 15.6. The van der Waals surface area contributed by atoms with Gasteiger partial charge >= 0.3 is 14.2 Å². The minimum atomic E-state index is -3.00. The van der Waals surface area contributed by atoms with Gasteiger partial charge in [-0.15, -0.1) is 0 Å². The zero-order chi connectivity index (χ0) is 24.4. The SMILES string of the molecule is Cc1cc(C)c(OC(=O)CCO[PH](=O)O)c(C(C)(C)C)c1.c1ccc(-c2ccccc2)cc1. The molecule has 1 atom stereocenters. The lowest BCUT2D eigenvalue weighted by molar-refractivity contribution is -0.135.